The van der Waals surface area contributed by atoms with Crippen LogP contribution in [0.5, 0.6) is 5.75 Å². The van der Waals surface area contributed by atoms with E-state index in [4.69, 9.17) is 19.6 Å². The van der Waals surface area contributed by atoms with Gasteiger partial charge in [-0.05, 0) is 70.8 Å². The molecule has 11 heteroatoms. The molecule has 262 valence electrons. The lowest BCUT2D eigenvalue weighted by Gasteiger charge is -2.30. The lowest BCUT2D eigenvalue weighted by atomic mass is 9.84. The number of nitrogens with one attached hydrogen (secondary N) is 2. The molecule has 0 unspecified atom stereocenters. The number of sulfone groups is 1. The van der Waals surface area contributed by atoms with Crippen LogP contribution in [0.1, 0.15) is 35.6 Å². The van der Waals surface area contributed by atoms with Crippen molar-refractivity contribution in [1.29, 1.82) is 0 Å². The maximum Gasteiger partial charge on any atom is 0.266 e. The zero-order valence-electron chi connectivity index (χ0n) is 27.7. The van der Waals surface area contributed by atoms with E-state index >= 15 is 0 Å². The number of carbonyl (C=O) groups excluding carboxylic acids is 1. The number of aliphatic hydroxyl groups is 1. The molecule has 1 heterocycles. The first-order chi connectivity index (χ1) is 24.8. The van der Waals surface area contributed by atoms with Crippen molar-refractivity contribution in [2.75, 3.05) is 19.0 Å². The second-order valence-corrected chi connectivity index (χ2v) is 14.2. The van der Waals surface area contributed by atoms with Crippen molar-refractivity contribution in [2.24, 2.45) is 4.99 Å². The third-order valence-electron chi connectivity index (χ3n) is 8.59. The van der Waals surface area contributed by atoms with Gasteiger partial charge in [0.2, 0.25) is 5.90 Å². The predicted octanol–water partition coefficient (Wildman–Crippen LogP) is 6.20. The van der Waals surface area contributed by atoms with E-state index in [0.29, 0.717) is 35.5 Å². The van der Waals surface area contributed by atoms with Gasteiger partial charge in [-0.1, -0.05) is 84.9 Å². The van der Waals surface area contributed by atoms with Crippen molar-refractivity contribution in [3.8, 4) is 16.9 Å². The van der Waals surface area contributed by atoms with Crippen LogP contribution >= 0.6 is 0 Å². The normalized spacial score (nSPS) is 17.0. The van der Waals surface area contributed by atoms with Gasteiger partial charge in [-0.2, -0.15) is 0 Å². The maximum atomic E-state index is 14.5. The molecule has 1 aliphatic rings. The number of hydrazine groups is 1. The highest BCUT2D eigenvalue weighted by Gasteiger charge is 2.53. The maximum absolute atomic E-state index is 14.5. The van der Waals surface area contributed by atoms with Crippen LogP contribution in [0.4, 0.5) is 4.39 Å². The summed E-state index contributed by atoms with van der Waals surface area (Å²) in [5, 5.41) is 9.10. The monoisotopic (exact) mass is 707 g/mol. The zero-order chi connectivity index (χ0) is 35.7. The molecule has 5 aromatic carbocycles. The van der Waals surface area contributed by atoms with Gasteiger partial charge in [-0.3, -0.25) is 10.2 Å². The molecule has 0 aromatic heterocycles. The average molecular weight is 708 g/mol. The summed E-state index contributed by atoms with van der Waals surface area (Å²) in [6.07, 6.45) is -0.743. The molecule has 3 N–H and O–H groups in total. The summed E-state index contributed by atoms with van der Waals surface area (Å²) in [6.45, 7) is 0.460. The number of hydrogen-bond donors (Lipinski definition) is 3. The molecule has 0 spiro atoms. The van der Waals surface area contributed by atoms with E-state index in [-0.39, 0.29) is 30.4 Å². The van der Waals surface area contributed by atoms with Crippen LogP contribution in [0.15, 0.2) is 143 Å². The minimum atomic E-state index is -3.84. The minimum absolute atomic E-state index is 0.0116. The first kappa shape index (κ1) is 35.5. The summed E-state index contributed by atoms with van der Waals surface area (Å²) in [7, 11) is -3.84. The Morgan fingerprint density at radius 1 is 0.843 bits per heavy atom. The Morgan fingerprint density at radius 2 is 1.51 bits per heavy atom. The zero-order valence-corrected chi connectivity index (χ0v) is 28.6. The number of carbonyl (C=O) groups is 1. The Labute approximate surface area is 296 Å². The molecular formula is C40H38FN3O6S. The predicted molar refractivity (Wildman–Crippen MR) is 193 cm³/mol. The minimum Gasteiger partial charge on any atom is -0.494 e. The van der Waals surface area contributed by atoms with E-state index in [9.17, 15) is 17.6 Å². The smallest absolute Gasteiger partial charge is 0.266 e. The van der Waals surface area contributed by atoms with Gasteiger partial charge in [0, 0.05) is 31.6 Å². The second-order valence-electron chi connectivity index (χ2n) is 12.1. The first-order valence-corrected chi connectivity index (χ1v) is 18.2. The fourth-order valence-corrected chi connectivity index (χ4v) is 7.26. The Hall–Kier alpha value is -5.36. The summed E-state index contributed by atoms with van der Waals surface area (Å²) in [5.74, 6) is -0.682. The molecule has 9 nitrogen and oxygen atoms in total. The highest BCUT2D eigenvalue weighted by atomic mass is 32.2. The van der Waals surface area contributed by atoms with Crippen molar-refractivity contribution < 1.29 is 32.2 Å². The number of nitrogens with zero attached hydrogens (tertiary/aromatic N) is 1. The molecule has 0 bridgehead atoms. The van der Waals surface area contributed by atoms with Crippen LogP contribution in [0.2, 0.25) is 0 Å². The summed E-state index contributed by atoms with van der Waals surface area (Å²) < 4.78 is 53.4. The topological polar surface area (TPSA) is 126 Å². The molecule has 0 saturated heterocycles. The van der Waals surface area contributed by atoms with E-state index < -0.39 is 39.0 Å². The van der Waals surface area contributed by atoms with E-state index in [1.807, 2.05) is 54.6 Å². The molecule has 51 heavy (non-hydrogen) atoms. The van der Waals surface area contributed by atoms with Crippen LogP contribution in [-0.2, 0) is 25.9 Å². The molecular weight excluding hydrogens is 670 g/mol. The third kappa shape index (κ3) is 8.51. The van der Waals surface area contributed by atoms with Crippen molar-refractivity contribution in [2.45, 2.75) is 35.9 Å². The number of benzene rings is 5. The molecule has 0 aliphatic carbocycles. The van der Waals surface area contributed by atoms with E-state index in [1.54, 1.807) is 54.6 Å². The van der Waals surface area contributed by atoms with Crippen LogP contribution < -0.4 is 15.6 Å². The van der Waals surface area contributed by atoms with Gasteiger partial charge in [0.05, 0.1) is 17.3 Å². The molecule has 0 radical (unpaired) electrons. The van der Waals surface area contributed by atoms with Gasteiger partial charge in [0.1, 0.15) is 11.6 Å². The third-order valence-corrected chi connectivity index (χ3v) is 10.3. The standard InChI is InChI=1S/C40H38FN3O6S/c41-34-12-7-9-29(27-34)28-42-44-39(46)40(23-26-51(47,48)36-13-5-2-6-14-36)37(32-17-15-31(16-18-32)30-10-3-1-4-11-30)50-38(43-40)33-19-21-35(22-20-33)49-25-8-24-45/h1-7,9-22,27,37,42,45H,8,23-26,28H2,(H,44,46)/t37-,40-/m0/s1. The van der Waals surface area contributed by atoms with E-state index in [0.717, 1.165) is 11.1 Å². The van der Waals surface area contributed by atoms with Gasteiger partial charge in [0.15, 0.2) is 21.5 Å². The van der Waals surface area contributed by atoms with Crippen molar-refractivity contribution >= 4 is 21.6 Å². The molecule has 6 rings (SSSR count). The Bertz CT molecular complexity index is 2060. The highest BCUT2D eigenvalue weighted by Crippen LogP contribution is 2.43. The van der Waals surface area contributed by atoms with Gasteiger partial charge >= 0.3 is 0 Å². The van der Waals surface area contributed by atoms with Crippen molar-refractivity contribution in [1.82, 2.24) is 10.9 Å². The summed E-state index contributed by atoms with van der Waals surface area (Å²) in [6, 6.07) is 38.4. The Morgan fingerprint density at radius 3 is 2.20 bits per heavy atom. The van der Waals surface area contributed by atoms with Gasteiger partial charge in [0.25, 0.3) is 5.91 Å². The first-order valence-electron chi connectivity index (χ1n) is 16.6. The van der Waals surface area contributed by atoms with E-state index in [2.05, 4.69) is 10.9 Å². The lowest BCUT2D eigenvalue weighted by Crippen LogP contribution is -2.53. The van der Waals surface area contributed by atoms with Crippen LogP contribution in [0.25, 0.3) is 11.1 Å². The van der Waals surface area contributed by atoms with Crippen molar-refractivity contribution in [3.05, 3.63) is 156 Å². The quantitative estimate of drug-likeness (QED) is 0.0875. The van der Waals surface area contributed by atoms with Gasteiger partial charge < -0.3 is 14.6 Å². The summed E-state index contributed by atoms with van der Waals surface area (Å²) in [4.78, 5) is 19.5. The largest absolute Gasteiger partial charge is 0.494 e. The summed E-state index contributed by atoms with van der Waals surface area (Å²) >= 11 is 0. The van der Waals surface area contributed by atoms with Crippen LogP contribution in [0, 0.1) is 5.82 Å². The molecule has 0 fully saturated rings. The van der Waals surface area contributed by atoms with Gasteiger partial charge in [-0.15, -0.1) is 0 Å². The van der Waals surface area contributed by atoms with Crippen molar-refractivity contribution in [3.63, 3.8) is 0 Å². The number of aliphatic imine (C=N–C) groups is 1. The van der Waals surface area contributed by atoms with Crippen LogP contribution in [-0.4, -0.2) is 49.8 Å². The Kier molecular flexibility index (Phi) is 11.2. The van der Waals surface area contributed by atoms with Gasteiger partial charge in [-0.25, -0.2) is 23.2 Å². The molecule has 1 amide bonds. The Balaban J connectivity index is 1.38. The SMILES string of the molecule is O=C(NNCc1cccc(F)c1)[C@@]1(CCS(=O)(=O)c2ccccc2)N=C(c2ccc(OCCCO)cc2)O[C@H]1c1ccc(-c2ccccc2)cc1. The molecule has 0 saturated carbocycles. The molecule has 5 aromatic rings. The fraction of sp³-hybridized carbons (Fsp3) is 0.200. The molecule has 2 atom stereocenters. The average Bonchev–Trinajstić information content (AvgIpc) is 3.56. The molecule has 1 aliphatic heterocycles. The number of rotatable bonds is 15. The number of halogens is 1. The number of amides is 1. The summed E-state index contributed by atoms with van der Waals surface area (Å²) in [5.41, 5.74) is 7.59. The number of hydrogen-bond acceptors (Lipinski definition) is 8. The lowest BCUT2D eigenvalue weighted by molar-refractivity contribution is -0.130. The highest BCUT2D eigenvalue weighted by molar-refractivity contribution is 7.91. The number of aliphatic hydroxyl groups excluding tert-OH is 1. The fourth-order valence-electron chi connectivity index (χ4n) is 5.87. The van der Waals surface area contributed by atoms with E-state index in [1.165, 1.54) is 24.3 Å². The van der Waals surface area contributed by atoms with Crippen LogP contribution in [0.3, 0.4) is 0 Å². The second kappa shape index (κ2) is 16.1. The number of ether oxygens (including phenoxy) is 2.